The van der Waals surface area contributed by atoms with Gasteiger partial charge in [-0.15, -0.1) is 0 Å². The SMILES string of the molecule is O=P(O)(O)O.[CaH2].[CaH2].[CaH2].[PbH2]. The minimum atomic E-state index is -4.64. The van der Waals surface area contributed by atoms with Crippen LogP contribution in [-0.4, -0.2) is 155 Å². The van der Waals surface area contributed by atoms with Crippen LogP contribution in [0.2, 0.25) is 0 Å². The predicted molar refractivity (Wildman–Crippen MR) is 48.4 cm³/mol. The molecule has 3 N–H and O–H groups in total. The Morgan fingerprint density at radius 1 is 0.889 bits per heavy atom. The molecule has 0 aromatic carbocycles. The zero-order chi connectivity index (χ0) is 4.50. The molecule has 0 saturated heterocycles. The van der Waals surface area contributed by atoms with E-state index in [1.807, 2.05) is 0 Å². The Bertz CT molecular complexity index is 61.9. The van der Waals surface area contributed by atoms with Gasteiger partial charge in [0.25, 0.3) is 0 Å². The second kappa shape index (κ2) is 15.3. The third-order valence-electron chi connectivity index (χ3n) is 0. The van der Waals surface area contributed by atoms with Gasteiger partial charge in [0.1, 0.15) is 0 Å². The zero-order valence-electron chi connectivity index (χ0n) is 2.90. The van der Waals surface area contributed by atoms with Crippen molar-refractivity contribution in [1.82, 2.24) is 0 Å². The molecule has 0 unspecified atom stereocenters. The van der Waals surface area contributed by atoms with Crippen LogP contribution in [0, 0.1) is 0 Å². The fraction of sp³-hybridized carbons (Fsp3) is 0. The summed E-state index contributed by atoms with van der Waals surface area (Å²) in [6, 6.07) is 0. The quantitative estimate of drug-likeness (QED) is 0.266. The molecule has 0 spiro atoms. The van der Waals surface area contributed by atoms with E-state index in [2.05, 4.69) is 0 Å². The second-order valence-corrected chi connectivity index (χ2v) is 1.54. The maximum absolute atomic E-state index is 8.88. The van der Waals surface area contributed by atoms with Crippen LogP contribution in [0.25, 0.3) is 0 Å². The average molecular weight is 433 g/mol. The predicted octanol–water partition coefficient (Wildman–Crippen LogP) is -4.59. The molecule has 2 radical (unpaired) electrons. The fourth-order valence-corrected chi connectivity index (χ4v) is 0. The van der Waals surface area contributed by atoms with E-state index >= 15 is 0 Å². The van der Waals surface area contributed by atoms with Gasteiger partial charge < -0.3 is 14.7 Å². The van der Waals surface area contributed by atoms with Crippen molar-refractivity contribution in [3.63, 3.8) is 0 Å². The van der Waals surface area contributed by atoms with Crippen molar-refractivity contribution in [3.8, 4) is 0 Å². The first kappa shape index (κ1) is 29.2. The third-order valence-corrected chi connectivity index (χ3v) is 0. The molecule has 0 rings (SSSR count). The number of rotatable bonds is 0. The molecule has 0 aromatic heterocycles. The molecule has 0 aromatic rings. The summed E-state index contributed by atoms with van der Waals surface area (Å²) in [6.45, 7) is 0. The van der Waals surface area contributed by atoms with E-state index in [9.17, 15) is 0 Å². The van der Waals surface area contributed by atoms with E-state index in [4.69, 9.17) is 19.2 Å². The van der Waals surface area contributed by atoms with Crippen LogP contribution in [0.5, 0.6) is 0 Å². The molecule has 0 heterocycles. The van der Waals surface area contributed by atoms with Crippen molar-refractivity contribution in [3.05, 3.63) is 0 Å². The summed E-state index contributed by atoms with van der Waals surface area (Å²) in [7, 11) is -4.64. The Morgan fingerprint density at radius 2 is 0.889 bits per heavy atom. The molecular formula is H11Ca3O4PPb. The van der Waals surface area contributed by atoms with Crippen LogP contribution in [0.1, 0.15) is 0 Å². The summed E-state index contributed by atoms with van der Waals surface area (Å²) in [6.07, 6.45) is 0. The maximum atomic E-state index is 8.88. The van der Waals surface area contributed by atoms with Gasteiger partial charge in [-0.3, -0.25) is 0 Å². The van der Waals surface area contributed by atoms with Crippen LogP contribution in [-0.2, 0) is 4.57 Å². The molecule has 0 aliphatic heterocycles. The Labute approximate surface area is 163 Å². The first-order chi connectivity index (χ1) is 2.00. The molecule has 0 saturated carbocycles. The summed E-state index contributed by atoms with van der Waals surface area (Å²) in [4.78, 5) is 21.6. The van der Waals surface area contributed by atoms with E-state index in [1.54, 1.807) is 0 Å². The van der Waals surface area contributed by atoms with Gasteiger partial charge in [-0.2, -0.15) is 0 Å². The topological polar surface area (TPSA) is 77.8 Å². The molecule has 0 bridgehead atoms. The van der Waals surface area contributed by atoms with Gasteiger partial charge >= 0.3 is 148 Å². The first-order valence-corrected chi connectivity index (χ1v) is 2.35. The molecule has 0 amide bonds. The molecule has 4 nitrogen and oxygen atoms in total. The summed E-state index contributed by atoms with van der Waals surface area (Å²) in [5, 5.41) is 0. The van der Waals surface area contributed by atoms with Crippen LogP contribution < -0.4 is 0 Å². The van der Waals surface area contributed by atoms with Crippen molar-refractivity contribution in [1.29, 1.82) is 0 Å². The standard InChI is InChI=1S/3Ca.H3O4P.Pb.8H/c;;;1-5(2,3)4;;;;;;;;;/h;;;(H3,1,2,3,4);;;;;;;;;. The van der Waals surface area contributed by atoms with Gasteiger partial charge in [0.15, 0.2) is 0 Å². The van der Waals surface area contributed by atoms with Crippen LogP contribution >= 0.6 is 7.82 Å². The molecule has 9 heavy (non-hydrogen) atoms. The normalized spacial score (nSPS) is 6.56. The Balaban J connectivity index is -0.0000000133. The number of hydrogen-bond acceptors (Lipinski definition) is 1. The van der Waals surface area contributed by atoms with E-state index in [0.717, 1.165) is 0 Å². The van der Waals surface area contributed by atoms with Gasteiger partial charge in [0, 0.05) is 0 Å². The second-order valence-electron chi connectivity index (χ2n) is 0.513. The number of hydrogen-bond donors (Lipinski definition) is 3. The van der Waals surface area contributed by atoms with Gasteiger partial charge in [-0.25, -0.2) is 4.57 Å². The fourth-order valence-electron chi connectivity index (χ4n) is 0. The summed E-state index contributed by atoms with van der Waals surface area (Å²) in [5.74, 6) is 0. The van der Waals surface area contributed by atoms with Crippen molar-refractivity contribution in [2.75, 3.05) is 0 Å². The van der Waals surface area contributed by atoms with Crippen molar-refractivity contribution < 1.29 is 19.2 Å². The van der Waals surface area contributed by atoms with Gasteiger partial charge in [-0.1, -0.05) is 0 Å². The molecule has 50 valence electrons. The van der Waals surface area contributed by atoms with E-state index in [0.29, 0.717) is 0 Å². The van der Waals surface area contributed by atoms with Crippen molar-refractivity contribution in [2.45, 2.75) is 0 Å². The molecule has 9 heteroatoms. The Morgan fingerprint density at radius 3 is 0.889 bits per heavy atom. The third kappa shape index (κ3) is 64.7. The van der Waals surface area contributed by atoms with E-state index < -0.39 is 7.82 Å². The first-order valence-electron chi connectivity index (χ1n) is 0.783. The minimum absolute atomic E-state index is 0. The van der Waals surface area contributed by atoms with Crippen LogP contribution in [0.4, 0.5) is 0 Å². The summed E-state index contributed by atoms with van der Waals surface area (Å²) < 4.78 is 8.88. The monoisotopic (exact) mass is 434 g/mol. The van der Waals surface area contributed by atoms with Crippen LogP contribution in [0.3, 0.4) is 0 Å². The van der Waals surface area contributed by atoms with Gasteiger partial charge in [-0.05, 0) is 0 Å². The molecule has 0 atom stereocenters. The Kier molecular flexibility index (Phi) is 49.6. The van der Waals surface area contributed by atoms with Gasteiger partial charge in [0.2, 0.25) is 0 Å². The molecular weight excluding hydrogens is 422 g/mol. The summed E-state index contributed by atoms with van der Waals surface area (Å²) >= 11 is 0. The molecule has 0 fully saturated rings. The van der Waals surface area contributed by atoms with Gasteiger partial charge in [0.05, 0.1) is 0 Å². The zero-order valence-corrected chi connectivity index (χ0v) is 9.30. The molecule has 0 aliphatic rings. The molecule has 0 aliphatic carbocycles. The van der Waals surface area contributed by atoms with Crippen molar-refractivity contribution in [2.24, 2.45) is 0 Å². The van der Waals surface area contributed by atoms with E-state index in [1.165, 1.54) is 0 Å². The van der Waals surface area contributed by atoms with E-state index in [-0.39, 0.29) is 141 Å². The van der Waals surface area contributed by atoms with Crippen molar-refractivity contribution >= 4 is 148 Å². The Hall–Kier alpha value is 4.81. The summed E-state index contributed by atoms with van der Waals surface area (Å²) in [5.41, 5.74) is 0. The van der Waals surface area contributed by atoms with Crippen LogP contribution in [0.15, 0.2) is 0 Å². The number of phosphoric acid groups is 1. The average Bonchev–Trinajstić information content (AvgIpc) is 0.722.